The first kappa shape index (κ1) is 21.9. The summed E-state index contributed by atoms with van der Waals surface area (Å²) >= 11 is 0. The van der Waals surface area contributed by atoms with E-state index in [1.165, 1.54) is 25.0 Å². The number of carbonyl (C=O) groups excluding carboxylic acids is 1. The first-order valence-corrected chi connectivity index (χ1v) is 11.1. The van der Waals surface area contributed by atoms with Gasteiger partial charge in [-0.1, -0.05) is 6.92 Å². The number of likely N-dealkylation sites (tertiary alicyclic amines) is 1. The first-order valence-electron chi connectivity index (χ1n) is 9.64. The van der Waals surface area contributed by atoms with E-state index in [9.17, 15) is 13.2 Å². The van der Waals surface area contributed by atoms with Gasteiger partial charge < -0.3 is 5.32 Å². The summed E-state index contributed by atoms with van der Waals surface area (Å²) in [4.78, 5) is 15.0. The molecule has 0 saturated carbocycles. The standard InChI is InChI=1S/C20H33N3O3S/c1-15-7-6-12-23(14-15)16(2)13-21-19(24)17-8-10-18(11-9-17)27(25,26)22-20(3,4)5/h8-11,15-16,22H,6-7,12-14H2,1-5H3,(H,21,24). The zero-order valence-electron chi connectivity index (χ0n) is 17.1. The van der Waals surface area contributed by atoms with Crippen LogP contribution in [0.3, 0.4) is 0 Å². The molecular weight excluding hydrogens is 362 g/mol. The number of nitrogens with one attached hydrogen (secondary N) is 2. The van der Waals surface area contributed by atoms with Crippen LogP contribution in [-0.2, 0) is 10.0 Å². The molecule has 2 rings (SSSR count). The lowest BCUT2D eigenvalue weighted by Gasteiger charge is -2.35. The largest absolute Gasteiger partial charge is 0.350 e. The molecule has 0 aliphatic carbocycles. The van der Waals surface area contributed by atoms with E-state index in [4.69, 9.17) is 0 Å². The highest BCUT2D eigenvalue weighted by molar-refractivity contribution is 7.89. The van der Waals surface area contributed by atoms with E-state index in [1.54, 1.807) is 32.9 Å². The summed E-state index contributed by atoms with van der Waals surface area (Å²) in [5.41, 5.74) is -0.0966. The molecule has 6 nitrogen and oxygen atoms in total. The van der Waals surface area contributed by atoms with Gasteiger partial charge in [0.25, 0.3) is 5.91 Å². The lowest BCUT2D eigenvalue weighted by molar-refractivity contribution is 0.0917. The molecule has 1 fully saturated rings. The predicted octanol–water partition coefficient (Wildman–Crippen LogP) is 2.61. The van der Waals surface area contributed by atoms with E-state index in [-0.39, 0.29) is 16.8 Å². The van der Waals surface area contributed by atoms with Gasteiger partial charge in [-0.15, -0.1) is 0 Å². The summed E-state index contributed by atoms with van der Waals surface area (Å²) in [6.45, 7) is 12.5. The fourth-order valence-corrected chi connectivity index (χ4v) is 4.76. The van der Waals surface area contributed by atoms with Gasteiger partial charge in [0.05, 0.1) is 4.90 Å². The van der Waals surface area contributed by atoms with Crippen LogP contribution in [0.4, 0.5) is 0 Å². The van der Waals surface area contributed by atoms with Crippen LogP contribution in [0.5, 0.6) is 0 Å². The molecule has 0 bridgehead atoms. The van der Waals surface area contributed by atoms with Crippen molar-refractivity contribution in [1.29, 1.82) is 0 Å². The Labute approximate surface area is 163 Å². The number of sulfonamides is 1. The number of carbonyl (C=O) groups is 1. The molecule has 2 atom stereocenters. The summed E-state index contributed by atoms with van der Waals surface area (Å²) in [7, 11) is -3.59. The van der Waals surface area contributed by atoms with Crippen molar-refractivity contribution in [2.24, 2.45) is 5.92 Å². The van der Waals surface area contributed by atoms with Crippen molar-refractivity contribution in [3.8, 4) is 0 Å². The van der Waals surface area contributed by atoms with Crippen molar-refractivity contribution in [3.63, 3.8) is 0 Å². The van der Waals surface area contributed by atoms with E-state index in [1.807, 2.05) is 0 Å². The molecule has 27 heavy (non-hydrogen) atoms. The number of amides is 1. The summed E-state index contributed by atoms with van der Waals surface area (Å²) in [5, 5.41) is 2.96. The monoisotopic (exact) mass is 395 g/mol. The second kappa shape index (κ2) is 8.71. The Bertz CT molecular complexity index is 739. The van der Waals surface area contributed by atoms with Gasteiger partial charge in [-0.2, -0.15) is 0 Å². The third kappa shape index (κ3) is 6.59. The minimum Gasteiger partial charge on any atom is -0.350 e. The molecule has 0 spiro atoms. The Morgan fingerprint density at radius 3 is 2.44 bits per heavy atom. The zero-order valence-corrected chi connectivity index (χ0v) is 17.9. The van der Waals surface area contributed by atoms with Gasteiger partial charge in [-0.3, -0.25) is 9.69 Å². The highest BCUT2D eigenvalue weighted by Gasteiger charge is 2.23. The van der Waals surface area contributed by atoms with Crippen molar-refractivity contribution in [2.45, 2.75) is 63.9 Å². The van der Waals surface area contributed by atoms with Crippen LogP contribution in [-0.4, -0.2) is 50.4 Å². The van der Waals surface area contributed by atoms with Gasteiger partial charge in [-0.25, -0.2) is 13.1 Å². The molecular formula is C20H33N3O3S. The van der Waals surface area contributed by atoms with Gasteiger partial charge in [0.2, 0.25) is 10.0 Å². The maximum Gasteiger partial charge on any atom is 0.251 e. The number of nitrogens with zero attached hydrogens (tertiary/aromatic N) is 1. The minimum absolute atomic E-state index is 0.157. The molecule has 1 aliphatic rings. The highest BCUT2D eigenvalue weighted by atomic mass is 32.2. The van der Waals surface area contributed by atoms with Gasteiger partial charge in [0.15, 0.2) is 0 Å². The summed E-state index contributed by atoms with van der Waals surface area (Å²) < 4.78 is 27.3. The van der Waals surface area contributed by atoms with Crippen molar-refractivity contribution >= 4 is 15.9 Å². The second-order valence-electron chi connectivity index (χ2n) is 8.68. The maximum absolute atomic E-state index is 12.4. The summed E-state index contributed by atoms with van der Waals surface area (Å²) in [6.07, 6.45) is 2.48. The number of benzene rings is 1. The normalized spacial score (nSPS) is 20.3. The van der Waals surface area contributed by atoms with Crippen LogP contribution >= 0.6 is 0 Å². The van der Waals surface area contributed by atoms with Crippen LogP contribution in [0.15, 0.2) is 29.2 Å². The zero-order chi connectivity index (χ0) is 20.2. The topological polar surface area (TPSA) is 78.5 Å². The number of rotatable bonds is 6. The lowest BCUT2D eigenvalue weighted by Crippen LogP contribution is -2.46. The van der Waals surface area contributed by atoms with Crippen molar-refractivity contribution in [2.75, 3.05) is 19.6 Å². The molecule has 1 amide bonds. The van der Waals surface area contributed by atoms with Gasteiger partial charge in [0.1, 0.15) is 0 Å². The molecule has 1 aromatic rings. The molecule has 152 valence electrons. The Hall–Kier alpha value is -1.44. The molecule has 1 saturated heterocycles. The fourth-order valence-electron chi connectivity index (χ4n) is 3.35. The Morgan fingerprint density at radius 1 is 1.26 bits per heavy atom. The van der Waals surface area contributed by atoms with E-state index in [0.717, 1.165) is 13.1 Å². The maximum atomic E-state index is 12.4. The second-order valence-corrected chi connectivity index (χ2v) is 10.4. The Balaban J connectivity index is 1.93. The van der Waals surface area contributed by atoms with E-state index in [0.29, 0.717) is 18.0 Å². The van der Waals surface area contributed by atoms with Crippen LogP contribution in [0.2, 0.25) is 0 Å². The Morgan fingerprint density at radius 2 is 1.89 bits per heavy atom. The van der Waals surface area contributed by atoms with Crippen molar-refractivity contribution in [3.05, 3.63) is 29.8 Å². The van der Waals surface area contributed by atoms with E-state index in [2.05, 4.69) is 28.8 Å². The van der Waals surface area contributed by atoms with E-state index >= 15 is 0 Å². The third-order valence-corrected chi connectivity index (χ3v) is 6.51. The van der Waals surface area contributed by atoms with Gasteiger partial charge in [-0.05, 0) is 77.3 Å². The van der Waals surface area contributed by atoms with Crippen molar-refractivity contribution < 1.29 is 13.2 Å². The first-order chi connectivity index (χ1) is 12.5. The van der Waals surface area contributed by atoms with Crippen LogP contribution in [0.25, 0.3) is 0 Å². The van der Waals surface area contributed by atoms with E-state index < -0.39 is 15.6 Å². The number of hydrogen-bond donors (Lipinski definition) is 2. The fraction of sp³-hybridized carbons (Fsp3) is 0.650. The predicted molar refractivity (Wildman–Crippen MR) is 108 cm³/mol. The molecule has 1 aromatic carbocycles. The SMILES string of the molecule is CC1CCCN(C(C)CNC(=O)c2ccc(S(=O)(=O)NC(C)(C)C)cc2)C1. The molecule has 2 N–H and O–H groups in total. The highest BCUT2D eigenvalue weighted by Crippen LogP contribution is 2.17. The van der Waals surface area contributed by atoms with Crippen molar-refractivity contribution in [1.82, 2.24) is 14.9 Å². The molecule has 0 radical (unpaired) electrons. The molecule has 1 aliphatic heterocycles. The van der Waals surface area contributed by atoms with Gasteiger partial charge in [0, 0.05) is 30.2 Å². The molecule has 7 heteroatoms. The quantitative estimate of drug-likeness (QED) is 0.776. The minimum atomic E-state index is -3.59. The van der Waals surface area contributed by atoms with Crippen LogP contribution in [0, 0.1) is 5.92 Å². The molecule has 1 heterocycles. The van der Waals surface area contributed by atoms with Crippen LogP contribution < -0.4 is 10.0 Å². The lowest BCUT2D eigenvalue weighted by atomic mass is 9.99. The average Bonchev–Trinajstić information content (AvgIpc) is 2.57. The number of piperidine rings is 1. The molecule has 0 aromatic heterocycles. The number of hydrogen-bond acceptors (Lipinski definition) is 4. The Kier molecular flexibility index (Phi) is 7.05. The van der Waals surface area contributed by atoms with Crippen LogP contribution in [0.1, 0.15) is 57.8 Å². The summed E-state index contributed by atoms with van der Waals surface area (Å²) in [6, 6.07) is 6.34. The smallest absolute Gasteiger partial charge is 0.251 e. The third-order valence-electron chi connectivity index (χ3n) is 4.74. The summed E-state index contributed by atoms with van der Waals surface area (Å²) in [5.74, 6) is 0.521. The average molecular weight is 396 g/mol. The molecule has 2 unspecified atom stereocenters. The van der Waals surface area contributed by atoms with Gasteiger partial charge >= 0.3 is 0 Å².